The number of hydrogen-bond acceptors (Lipinski definition) is 5. The van der Waals surface area contributed by atoms with Crippen molar-refractivity contribution in [2.24, 2.45) is 5.10 Å². The molecular formula is C12H12Br2N4O2S. The number of H-pyrrole nitrogens is 1. The number of benzene rings is 1. The third-order valence-electron chi connectivity index (χ3n) is 2.70. The minimum atomic E-state index is -0.105. The van der Waals surface area contributed by atoms with Gasteiger partial charge in [-0.1, -0.05) is 6.92 Å². The lowest BCUT2D eigenvalue weighted by atomic mass is 10.2. The van der Waals surface area contributed by atoms with Crippen LogP contribution in [0.2, 0.25) is 0 Å². The third kappa shape index (κ3) is 3.35. The van der Waals surface area contributed by atoms with E-state index in [1.807, 2.05) is 6.92 Å². The summed E-state index contributed by atoms with van der Waals surface area (Å²) in [5.41, 5.74) is 0.428. The van der Waals surface area contributed by atoms with Gasteiger partial charge in [-0.15, -0.1) is 0 Å². The lowest BCUT2D eigenvalue weighted by Crippen LogP contribution is -1.99. The molecule has 1 aromatic carbocycles. The Balaban J connectivity index is 2.43. The summed E-state index contributed by atoms with van der Waals surface area (Å²) in [6, 6.07) is 1.56. The Labute approximate surface area is 142 Å². The van der Waals surface area contributed by atoms with Gasteiger partial charge < -0.3 is 10.2 Å². The van der Waals surface area contributed by atoms with Gasteiger partial charge in [-0.3, -0.25) is 5.10 Å². The molecule has 0 saturated heterocycles. The molecule has 0 aliphatic rings. The van der Waals surface area contributed by atoms with Gasteiger partial charge in [0.25, 0.3) is 0 Å². The van der Waals surface area contributed by atoms with Crippen LogP contribution in [0.5, 0.6) is 11.5 Å². The maximum Gasteiger partial charge on any atom is 0.216 e. The van der Waals surface area contributed by atoms with Crippen LogP contribution in [0.4, 0.5) is 0 Å². The molecule has 112 valence electrons. The number of nitrogens with zero attached hydrogens (tertiary/aromatic N) is 3. The van der Waals surface area contributed by atoms with Crippen molar-refractivity contribution in [3.63, 3.8) is 0 Å². The summed E-state index contributed by atoms with van der Waals surface area (Å²) >= 11 is 11.4. The quantitative estimate of drug-likeness (QED) is 0.504. The Morgan fingerprint density at radius 1 is 1.43 bits per heavy atom. The fourth-order valence-electron chi connectivity index (χ4n) is 1.66. The predicted octanol–water partition coefficient (Wildman–Crippen LogP) is 3.71. The predicted molar refractivity (Wildman–Crippen MR) is 89.6 cm³/mol. The number of aromatic hydroxyl groups is 2. The van der Waals surface area contributed by atoms with Crippen LogP contribution in [0.15, 0.2) is 20.1 Å². The molecule has 2 aromatic rings. The lowest BCUT2D eigenvalue weighted by Gasteiger charge is -2.06. The molecular weight excluding hydrogens is 424 g/mol. The highest BCUT2D eigenvalue weighted by molar-refractivity contribution is 9.11. The second kappa shape index (κ2) is 6.71. The number of phenols is 2. The number of aryl methyl sites for hydroxylation is 1. The second-order valence-electron chi connectivity index (χ2n) is 4.21. The Bertz CT molecular complexity index is 754. The smallest absolute Gasteiger partial charge is 0.216 e. The average Bonchev–Trinajstić information content (AvgIpc) is 2.80. The monoisotopic (exact) mass is 434 g/mol. The van der Waals surface area contributed by atoms with E-state index in [1.54, 1.807) is 6.07 Å². The minimum Gasteiger partial charge on any atom is -0.506 e. The standard InChI is InChI=1S/C12H12Br2N4O2S/c1-2-3-8-16-17-12(21)18(8)15-5-6-4-7(13)11(20)9(14)10(6)19/h4-5,19-20H,2-3H2,1H3,(H,17,21)/b15-5+. The molecule has 6 nitrogen and oxygen atoms in total. The Hall–Kier alpha value is -1.19. The highest BCUT2D eigenvalue weighted by Crippen LogP contribution is 2.40. The zero-order chi connectivity index (χ0) is 15.6. The van der Waals surface area contributed by atoms with Crippen molar-refractivity contribution in [2.45, 2.75) is 19.8 Å². The van der Waals surface area contributed by atoms with Crippen LogP contribution in [0, 0.1) is 4.77 Å². The third-order valence-corrected chi connectivity index (χ3v) is 4.32. The SMILES string of the molecule is CCCc1n[nH]c(=S)n1/N=C/c1cc(Br)c(O)c(Br)c1O. The molecule has 0 radical (unpaired) electrons. The highest BCUT2D eigenvalue weighted by Gasteiger charge is 2.13. The van der Waals surface area contributed by atoms with E-state index in [2.05, 4.69) is 47.2 Å². The van der Waals surface area contributed by atoms with Crippen molar-refractivity contribution in [3.05, 3.63) is 31.2 Å². The molecule has 2 rings (SSSR count). The van der Waals surface area contributed by atoms with Crippen LogP contribution < -0.4 is 0 Å². The first-order chi connectivity index (χ1) is 9.95. The molecule has 0 aliphatic heterocycles. The molecule has 3 N–H and O–H groups in total. The van der Waals surface area contributed by atoms with Crippen LogP contribution >= 0.6 is 44.1 Å². The van der Waals surface area contributed by atoms with E-state index in [4.69, 9.17) is 12.2 Å². The summed E-state index contributed by atoms with van der Waals surface area (Å²) in [4.78, 5) is 0. The normalized spacial score (nSPS) is 11.4. The van der Waals surface area contributed by atoms with Crippen molar-refractivity contribution in [3.8, 4) is 11.5 Å². The van der Waals surface area contributed by atoms with E-state index in [0.717, 1.165) is 18.7 Å². The fraction of sp³-hybridized carbons (Fsp3) is 0.250. The van der Waals surface area contributed by atoms with Crippen molar-refractivity contribution in [2.75, 3.05) is 0 Å². The topological polar surface area (TPSA) is 86.4 Å². The number of hydrogen-bond donors (Lipinski definition) is 3. The maximum absolute atomic E-state index is 10.00. The van der Waals surface area contributed by atoms with E-state index >= 15 is 0 Å². The van der Waals surface area contributed by atoms with Crippen molar-refractivity contribution in [1.29, 1.82) is 0 Å². The number of nitrogens with one attached hydrogen (secondary N) is 1. The molecule has 0 atom stereocenters. The Morgan fingerprint density at radius 2 is 2.14 bits per heavy atom. The van der Waals surface area contributed by atoms with E-state index < -0.39 is 0 Å². The molecule has 0 fully saturated rings. The molecule has 0 amide bonds. The van der Waals surface area contributed by atoms with E-state index in [0.29, 0.717) is 14.8 Å². The van der Waals surface area contributed by atoms with Crippen LogP contribution in [-0.2, 0) is 6.42 Å². The molecule has 1 heterocycles. The Morgan fingerprint density at radius 3 is 2.81 bits per heavy atom. The summed E-state index contributed by atoms with van der Waals surface area (Å²) in [6.45, 7) is 2.03. The zero-order valence-corrected chi connectivity index (χ0v) is 15.0. The van der Waals surface area contributed by atoms with E-state index in [9.17, 15) is 10.2 Å². The number of halogens is 2. The molecule has 21 heavy (non-hydrogen) atoms. The number of phenolic OH excluding ortho intramolecular Hbond substituents is 2. The Kier molecular flexibility index (Phi) is 5.17. The average molecular weight is 436 g/mol. The molecule has 9 heteroatoms. The highest BCUT2D eigenvalue weighted by atomic mass is 79.9. The molecule has 0 saturated carbocycles. The van der Waals surface area contributed by atoms with Gasteiger partial charge in [0.05, 0.1) is 10.7 Å². The van der Waals surface area contributed by atoms with E-state index in [1.165, 1.54) is 10.9 Å². The second-order valence-corrected chi connectivity index (χ2v) is 6.24. The number of aromatic nitrogens is 3. The van der Waals surface area contributed by atoms with Gasteiger partial charge in [-0.05, 0) is 56.6 Å². The van der Waals surface area contributed by atoms with Gasteiger partial charge in [0.1, 0.15) is 16.0 Å². The summed E-state index contributed by atoms with van der Waals surface area (Å²) in [5.74, 6) is 0.540. The minimum absolute atomic E-state index is 0.0729. The van der Waals surface area contributed by atoms with Gasteiger partial charge in [0, 0.05) is 12.0 Å². The van der Waals surface area contributed by atoms with Gasteiger partial charge >= 0.3 is 0 Å². The lowest BCUT2D eigenvalue weighted by molar-refractivity contribution is 0.441. The first kappa shape index (κ1) is 16.2. The largest absolute Gasteiger partial charge is 0.506 e. The van der Waals surface area contributed by atoms with Gasteiger partial charge in [0.15, 0.2) is 5.82 Å². The molecule has 0 aliphatic carbocycles. The van der Waals surface area contributed by atoms with Crippen LogP contribution in [0.1, 0.15) is 24.7 Å². The van der Waals surface area contributed by atoms with Crippen LogP contribution in [0.3, 0.4) is 0 Å². The number of rotatable bonds is 4. The van der Waals surface area contributed by atoms with Crippen molar-refractivity contribution in [1.82, 2.24) is 14.9 Å². The van der Waals surface area contributed by atoms with Crippen LogP contribution in [-0.4, -0.2) is 31.3 Å². The van der Waals surface area contributed by atoms with Crippen molar-refractivity contribution >= 4 is 50.3 Å². The first-order valence-electron chi connectivity index (χ1n) is 6.06. The molecule has 1 aromatic heterocycles. The zero-order valence-electron chi connectivity index (χ0n) is 11.0. The van der Waals surface area contributed by atoms with Crippen LogP contribution in [0.25, 0.3) is 0 Å². The first-order valence-corrected chi connectivity index (χ1v) is 8.05. The molecule has 0 spiro atoms. The summed E-state index contributed by atoms with van der Waals surface area (Å²) in [7, 11) is 0. The molecule has 0 bridgehead atoms. The van der Waals surface area contributed by atoms with Gasteiger partial charge in [-0.25, -0.2) is 0 Å². The number of aromatic amines is 1. The maximum atomic E-state index is 10.00. The summed E-state index contributed by atoms with van der Waals surface area (Å²) in [5, 5.41) is 30.7. The van der Waals surface area contributed by atoms with Gasteiger partial charge in [-0.2, -0.15) is 14.9 Å². The molecule has 0 unspecified atom stereocenters. The van der Waals surface area contributed by atoms with Crippen molar-refractivity contribution < 1.29 is 10.2 Å². The summed E-state index contributed by atoms with van der Waals surface area (Å²) < 4.78 is 2.53. The van der Waals surface area contributed by atoms with Gasteiger partial charge in [0.2, 0.25) is 4.77 Å². The summed E-state index contributed by atoms with van der Waals surface area (Å²) in [6.07, 6.45) is 3.10. The van der Waals surface area contributed by atoms with E-state index in [-0.39, 0.29) is 16.0 Å². The fourth-order valence-corrected chi connectivity index (χ4v) is 3.02.